The number of allylic oxidation sites excluding steroid dienone is 5. The lowest BCUT2D eigenvalue weighted by atomic mass is 9.95. The van der Waals surface area contributed by atoms with E-state index in [4.69, 9.17) is 9.40 Å². The van der Waals surface area contributed by atoms with Crippen LogP contribution in [0.4, 0.5) is 5.69 Å². The van der Waals surface area contributed by atoms with Gasteiger partial charge >= 0.3 is 0 Å². The van der Waals surface area contributed by atoms with Crippen LogP contribution in [0.2, 0.25) is 0 Å². The summed E-state index contributed by atoms with van der Waals surface area (Å²) in [5, 5.41) is 7.05. The second-order valence-corrected chi connectivity index (χ2v) is 9.46. The Balaban J connectivity index is 1.43. The van der Waals surface area contributed by atoms with Gasteiger partial charge < -0.3 is 4.42 Å². The Hall–Kier alpha value is -4.31. The first-order chi connectivity index (χ1) is 17.4. The summed E-state index contributed by atoms with van der Waals surface area (Å²) in [5.41, 5.74) is 7.78. The van der Waals surface area contributed by atoms with Crippen LogP contribution >= 0.6 is 0 Å². The number of aromatic nitrogens is 2. The van der Waals surface area contributed by atoms with Gasteiger partial charge in [0.25, 0.3) is 0 Å². The Kier molecular flexibility index (Phi) is 3.86. The summed E-state index contributed by atoms with van der Waals surface area (Å²) in [6, 6.07) is 17.1. The maximum absolute atomic E-state index is 6.25. The monoisotopic (exact) mass is 453 g/mol. The highest BCUT2D eigenvalue weighted by Crippen LogP contribution is 2.43. The Bertz CT molecular complexity index is 1810. The molecule has 1 aliphatic heterocycles. The van der Waals surface area contributed by atoms with E-state index in [1.807, 2.05) is 12.1 Å². The van der Waals surface area contributed by atoms with Crippen molar-refractivity contribution in [3.05, 3.63) is 102 Å². The van der Waals surface area contributed by atoms with E-state index in [0.29, 0.717) is 0 Å². The minimum Gasteiger partial charge on any atom is -0.456 e. The van der Waals surface area contributed by atoms with Crippen molar-refractivity contribution < 1.29 is 4.42 Å². The van der Waals surface area contributed by atoms with Crippen molar-refractivity contribution >= 4 is 56.1 Å². The fourth-order valence-electron chi connectivity index (χ4n) is 5.86. The SMILES string of the molecule is C1=CC(c2nc3c(n2N2C=Cc4c5c2cccc5cc2oc5ccccc5c42)C=CCC3)=CCC1. The number of benzene rings is 3. The van der Waals surface area contributed by atoms with Crippen LogP contribution in [0.5, 0.6) is 0 Å². The van der Waals surface area contributed by atoms with Gasteiger partial charge in [-0.1, -0.05) is 54.6 Å². The average Bonchev–Trinajstić information content (AvgIpc) is 3.48. The first-order valence-electron chi connectivity index (χ1n) is 12.4. The number of para-hydroxylation sites is 1. The summed E-state index contributed by atoms with van der Waals surface area (Å²) in [4.78, 5) is 5.15. The molecule has 0 fully saturated rings. The molecular weight excluding hydrogens is 430 g/mol. The summed E-state index contributed by atoms with van der Waals surface area (Å²) >= 11 is 0. The van der Waals surface area contributed by atoms with Crippen molar-refractivity contribution in [2.45, 2.75) is 25.7 Å². The van der Waals surface area contributed by atoms with Gasteiger partial charge in [-0.15, -0.1) is 0 Å². The lowest BCUT2D eigenvalue weighted by Gasteiger charge is -2.30. The molecular formula is C31H23N3O. The number of hydrogen-bond donors (Lipinski definition) is 0. The topological polar surface area (TPSA) is 34.2 Å². The van der Waals surface area contributed by atoms with E-state index in [1.165, 1.54) is 38.7 Å². The molecule has 3 aromatic carbocycles. The molecule has 0 atom stereocenters. The molecule has 0 bridgehead atoms. The fraction of sp³-hybridized carbons (Fsp3) is 0.129. The van der Waals surface area contributed by atoms with Gasteiger partial charge in [0.15, 0.2) is 5.82 Å². The minimum absolute atomic E-state index is 0.929. The molecule has 0 saturated heterocycles. The van der Waals surface area contributed by atoms with Crippen LogP contribution in [0.3, 0.4) is 0 Å². The predicted octanol–water partition coefficient (Wildman–Crippen LogP) is 7.88. The summed E-state index contributed by atoms with van der Waals surface area (Å²) in [5.74, 6) is 1.01. The zero-order valence-corrected chi connectivity index (χ0v) is 19.2. The molecule has 0 unspecified atom stereocenters. The van der Waals surface area contributed by atoms with Crippen molar-refractivity contribution in [1.29, 1.82) is 0 Å². The van der Waals surface area contributed by atoms with Crippen LogP contribution < -0.4 is 5.01 Å². The number of fused-ring (bicyclic) bond motifs is 5. The number of anilines is 1. The average molecular weight is 454 g/mol. The molecule has 5 aromatic rings. The molecule has 0 saturated carbocycles. The summed E-state index contributed by atoms with van der Waals surface area (Å²) in [6.07, 6.45) is 19.9. The van der Waals surface area contributed by atoms with Crippen LogP contribution in [0, 0.1) is 0 Å². The molecule has 0 radical (unpaired) electrons. The highest BCUT2D eigenvalue weighted by molar-refractivity contribution is 6.19. The van der Waals surface area contributed by atoms with Crippen molar-refractivity contribution in [1.82, 2.24) is 9.66 Å². The lowest BCUT2D eigenvalue weighted by Crippen LogP contribution is -2.28. The number of nitrogens with zero attached hydrogens (tertiary/aromatic N) is 3. The molecule has 3 heterocycles. The van der Waals surface area contributed by atoms with Gasteiger partial charge in [0, 0.05) is 27.9 Å². The number of aryl methyl sites for hydroxylation is 1. The standard InChI is InChI=1S/C31H23N3O/c1-2-9-20(10-3-1)31-32-24-13-5-6-14-25(24)34(31)33-18-17-23-29-21(11-8-15-26(29)33)19-28-30(23)22-12-4-7-16-27(22)35-28/h2,4,6-12,14-19H,1,3,5,13H2. The molecule has 168 valence electrons. The van der Waals surface area contributed by atoms with E-state index in [0.717, 1.165) is 53.7 Å². The van der Waals surface area contributed by atoms with Crippen LogP contribution in [0.15, 0.2) is 83.5 Å². The van der Waals surface area contributed by atoms with E-state index < -0.39 is 0 Å². The number of imidazole rings is 1. The third-order valence-corrected chi connectivity index (χ3v) is 7.41. The van der Waals surface area contributed by atoms with E-state index >= 15 is 0 Å². The maximum Gasteiger partial charge on any atom is 0.159 e. The van der Waals surface area contributed by atoms with Crippen molar-refractivity contribution in [2.24, 2.45) is 0 Å². The van der Waals surface area contributed by atoms with Gasteiger partial charge in [-0.05, 0) is 67.0 Å². The Morgan fingerprint density at radius 3 is 2.71 bits per heavy atom. The van der Waals surface area contributed by atoms with Crippen molar-refractivity contribution in [3.63, 3.8) is 0 Å². The molecule has 0 amide bonds. The van der Waals surface area contributed by atoms with Gasteiger partial charge in [-0.3, -0.25) is 5.01 Å². The Labute approximate surface area is 202 Å². The molecule has 8 rings (SSSR count). The zero-order chi connectivity index (χ0) is 22.9. The normalized spacial score (nSPS) is 16.5. The van der Waals surface area contributed by atoms with Crippen LogP contribution in [-0.4, -0.2) is 9.66 Å². The molecule has 4 nitrogen and oxygen atoms in total. The van der Waals surface area contributed by atoms with Gasteiger partial charge in [-0.25, -0.2) is 9.66 Å². The van der Waals surface area contributed by atoms with Gasteiger partial charge in [0.05, 0.1) is 17.1 Å². The van der Waals surface area contributed by atoms with Crippen LogP contribution in [0.25, 0.3) is 50.4 Å². The number of furan rings is 1. The fourth-order valence-corrected chi connectivity index (χ4v) is 5.86. The molecule has 35 heavy (non-hydrogen) atoms. The molecule has 3 aliphatic rings. The largest absolute Gasteiger partial charge is 0.456 e. The molecule has 0 N–H and O–H groups in total. The second kappa shape index (κ2) is 7.09. The van der Waals surface area contributed by atoms with E-state index in [2.05, 4.69) is 88.7 Å². The first kappa shape index (κ1) is 19.0. The van der Waals surface area contributed by atoms with Gasteiger partial charge in [-0.2, -0.15) is 0 Å². The summed E-state index contributed by atoms with van der Waals surface area (Å²) in [6.45, 7) is 0. The zero-order valence-electron chi connectivity index (χ0n) is 19.2. The van der Waals surface area contributed by atoms with E-state index in [9.17, 15) is 0 Å². The lowest BCUT2D eigenvalue weighted by molar-refractivity contribution is 0.669. The second-order valence-electron chi connectivity index (χ2n) is 9.46. The predicted molar refractivity (Wildman–Crippen MR) is 144 cm³/mol. The van der Waals surface area contributed by atoms with Crippen molar-refractivity contribution in [2.75, 3.05) is 5.01 Å². The van der Waals surface area contributed by atoms with E-state index in [1.54, 1.807) is 0 Å². The maximum atomic E-state index is 6.25. The van der Waals surface area contributed by atoms with Gasteiger partial charge in [0.2, 0.25) is 0 Å². The van der Waals surface area contributed by atoms with Crippen LogP contribution in [0.1, 0.15) is 42.0 Å². The van der Waals surface area contributed by atoms with E-state index in [-0.39, 0.29) is 0 Å². The molecule has 2 aliphatic carbocycles. The highest BCUT2D eigenvalue weighted by Gasteiger charge is 2.27. The molecule has 4 heteroatoms. The third-order valence-electron chi connectivity index (χ3n) is 7.41. The van der Waals surface area contributed by atoms with Crippen LogP contribution in [-0.2, 0) is 6.42 Å². The highest BCUT2D eigenvalue weighted by atomic mass is 16.3. The first-order valence-corrected chi connectivity index (χ1v) is 12.4. The summed E-state index contributed by atoms with van der Waals surface area (Å²) in [7, 11) is 0. The van der Waals surface area contributed by atoms with Gasteiger partial charge in [0.1, 0.15) is 11.2 Å². The smallest absolute Gasteiger partial charge is 0.159 e. The Morgan fingerprint density at radius 2 is 1.77 bits per heavy atom. The number of rotatable bonds is 2. The molecule has 0 spiro atoms. The third kappa shape index (κ3) is 2.65. The molecule has 2 aromatic heterocycles. The quantitative estimate of drug-likeness (QED) is 0.273. The Morgan fingerprint density at radius 1 is 0.829 bits per heavy atom. The summed E-state index contributed by atoms with van der Waals surface area (Å²) < 4.78 is 8.56. The number of hydrogen-bond acceptors (Lipinski definition) is 3. The minimum atomic E-state index is 0.929. The van der Waals surface area contributed by atoms with Crippen molar-refractivity contribution in [3.8, 4) is 0 Å².